The van der Waals surface area contributed by atoms with Gasteiger partial charge in [-0.3, -0.25) is 4.79 Å². The minimum Gasteiger partial charge on any atom is -0.459 e. The van der Waals surface area contributed by atoms with E-state index < -0.39 is 0 Å². The molecule has 0 spiro atoms. The van der Waals surface area contributed by atoms with Crippen molar-refractivity contribution in [1.29, 1.82) is 0 Å². The van der Waals surface area contributed by atoms with Gasteiger partial charge < -0.3 is 15.1 Å². The lowest BCUT2D eigenvalue weighted by atomic mass is 10.1. The molecule has 114 valence electrons. The number of nitrogens with zero attached hydrogens (tertiary/aromatic N) is 1. The summed E-state index contributed by atoms with van der Waals surface area (Å²) >= 11 is 0. The van der Waals surface area contributed by atoms with Crippen LogP contribution in [0.3, 0.4) is 0 Å². The molecule has 2 aromatic rings. The predicted octanol–water partition coefficient (Wildman–Crippen LogP) is 3.47. The van der Waals surface area contributed by atoms with Crippen LogP contribution in [-0.4, -0.2) is 23.9 Å². The second-order valence-corrected chi connectivity index (χ2v) is 5.62. The zero-order valence-electron chi connectivity index (χ0n) is 13.0. The van der Waals surface area contributed by atoms with Gasteiger partial charge in [-0.25, -0.2) is 0 Å². The summed E-state index contributed by atoms with van der Waals surface area (Å²) in [7, 11) is 1.80. The first-order valence-corrected chi connectivity index (χ1v) is 7.52. The van der Waals surface area contributed by atoms with E-state index in [4.69, 9.17) is 10.2 Å². The third-order valence-corrected chi connectivity index (χ3v) is 3.93. The number of furan rings is 1. The summed E-state index contributed by atoms with van der Waals surface area (Å²) in [6.45, 7) is 4.05. The first-order chi connectivity index (χ1) is 10.0. The number of carbonyl (C=O) groups excluding carboxylic acids is 1. The average molecular weight is 288 g/mol. The molecule has 0 aliphatic heterocycles. The fraction of sp³-hybridized carbons (Fsp3) is 0.471. The van der Waals surface area contributed by atoms with Crippen LogP contribution >= 0.6 is 0 Å². The van der Waals surface area contributed by atoms with Crippen molar-refractivity contribution in [1.82, 2.24) is 4.90 Å². The van der Waals surface area contributed by atoms with Crippen molar-refractivity contribution in [2.24, 2.45) is 5.73 Å². The summed E-state index contributed by atoms with van der Waals surface area (Å²) in [5, 5.41) is 1.06. The van der Waals surface area contributed by atoms with Gasteiger partial charge in [0.25, 0.3) is 0 Å². The standard InChI is InChI=1S/C17H24N2O2/c1-4-7-14(18)11-17(20)19(3)12(2)16-10-13-8-5-6-9-15(13)21-16/h5-6,8-10,12,14H,4,7,11,18H2,1-3H3. The molecule has 1 heterocycles. The van der Waals surface area contributed by atoms with E-state index in [1.54, 1.807) is 11.9 Å². The highest BCUT2D eigenvalue weighted by atomic mass is 16.3. The molecule has 0 aliphatic carbocycles. The maximum absolute atomic E-state index is 12.3. The molecule has 21 heavy (non-hydrogen) atoms. The average Bonchev–Trinajstić information content (AvgIpc) is 2.89. The molecular formula is C17H24N2O2. The smallest absolute Gasteiger partial charge is 0.224 e. The van der Waals surface area contributed by atoms with Crippen molar-refractivity contribution in [3.05, 3.63) is 36.1 Å². The van der Waals surface area contributed by atoms with E-state index in [2.05, 4.69) is 6.92 Å². The Balaban J connectivity index is 2.07. The molecule has 1 aromatic carbocycles. The van der Waals surface area contributed by atoms with Gasteiger partial charge in [0.2, 0.25) is 5.91 Å². The van der Waals surface area contributed by atoms with E-state index in [-0.39, 0.29) is 18.0 Å². The van der Waals surface area contributed by atoms with Crippen LogP contribution in [0.5, 0.6) is 0 Å². The minimum atomic E-state index is -0.0984. The molecule has 0 saturated carbocycles. The Morgan fingerprint density at radius 2 is 2.10 bits per heavy atom. The van der Waals surface area contributed by atoms with Gasteiger partial charge in [0, 0.05) is 24.9 Å². The molecule has 1 amide bonds. The van der Waals surface area contributed by atoms with Crippen LogP contribution in [-0.2, 0) is 4.79 Å². The molecule has 2 rings (SSSR count). The molecule has 1 aromatic heterocycles. The van der Waals surface area contributed by atoms with E-state index in [0.29, 0.717) is 6.42 Å². The Hall–Kier alpha value is -1.81. The molecular weight excluding hydrogens is 264 g/mol. The predicted molar refractivity (Wildman–Crippen MR) is 84.9 cm³/mol. The van der Waals surface area contributed by atoms with Crippen molar-refractivity contribution < 1.29 is 9.21 Å². The van der Waals surface area contributed by atoms with Crippen molar-refractivity contribution in [3.8, 4) is 0 Å². The summed E-state index contributed by atoms with van der Waals surface area (Å²) in [6, 6.07) is 9.70. The quantitative estimate of drug-likeness (QED) is 0.885. The zero-order chi connectivity index (χ0) is 15.4. The van der Waals surface area contributed by atoms with Crippen molar-refractivity contribution >= 4 is 16.9 Å². The first kappa shape index (κ1) is 15.6. The molecule has 2 unspecified atom stereocenters. The van der Waals surface area contributed by atoms with E-state index in [0.717, 1.165) is 29.6 Å². The maximum Gasteiger partial charge on any atom is 0.224 e. The van der Waals surface area contributed by atoms with Gasteiger partial charge in [-0.1, -0.05) is 31.5 Å². The molecule has 4 nitrogen and oxygen atoms in total. The van der Waals surface area contributed by atoms with Gasteiger partial charge in [-0.05, 0) is 25.5 Å². The molecule has 0 aliphatic rings. The SMILES string of the molecule is CCCC(N)CC(=O)N(C)C(C)c1cc2ccccc2o1. The Morgan fingerprint density at radius 1 is 1.38 bits per heavy atom. The minimum absolute atomic E-state index is 0.0592. The zero-order valence-corrected chi connectivity index (χ0v) is 13.0. The number of hydrogen-bond acceptors (Lipinski definition) is 3. The molecule has 0 radical (unpaired) electrons. The normalized spacial score (nSPS) is 14.1. The van der Waals surface area contributed by atoms with E-state index in [1.165, 1.54) is 0 Å². The Labute approximate surface area is 125 Å². The first-order valence-electron chi connectivity index (χ1n) is 7.52. The number of benzene rings is 1. The largest absolute Gasteiger partial charge is 0.459 e. The summed E-state index contributed by atoms with van der Waals surface area (Å²) in [4.78, 5) is 14.0. The number of para-hydroxylation sites is 1. The number of carbonyl (C=O) groups is 1. The topological polar surface area (TPSA) is 59.5 Å². The van der Waals surface area contributed by atoms with Crippen LogP contribution in [0.15, 0.2) is 34.7 Å². The molecule has 0 bridgehead atoms. The van der Waals surface area contributed by atoms with Gasteiger partial charge in [0.15, 0.2) is 0 Å². The molecule has 0 fully saturated rings. The fourth-order valence-corrected chi connectivity index (χ4v) is 2.46. The fourth-order valence-electron chi connectivity index (χ4n) is 2.46. The summed E-state index contributed by atoms with van der Waals surface area (Å²) in [5.41, 5.74) is 6.80. The Kier molecular flexibility index (Phi) is 5.02. The number of nitrogens with two attached hydrogens (primary N) is 1. The molecule has 4 heteroatoms. The third-order valence-electron chi connectivity index (χ3n) is 3.93. The highest BCUT2D eigenvalue weighted by Gasteiger charge is 2.22. The van der Waals surface area contributed by atoms with Gasteiger partial charge in [0.05, 0.1) is 6.04 Å². The van der Waals surface area contributed by atoms with E-state index in [1.807, 2.05) is 37.3 Å². The van der Waals surface area contributed by atoms with Crippen LogP contribution in [0.25, 0.3) is 11.0 Å². The maximum atomic E-state index is 12.3. The van der Waals surface area contributed by atoms with Crippen LogP contribution in [0.1, 0.15) is 44.9 Å². The molecule has 2 N–H and O–H groups in total. The number of fused-ring (bicyclic) bond motifs is 1. The Morgan fingerprint density at radius 3 is 2.76 bits per heavy atom. The van der Waals surface area contributed by atoms with Gasteiger partial charge in [0.1, 0.15) is 11.3 Å². The number of rotatable bonds is 6. The second kappa shape index (κ2) is 6.76. The molecule has 0 saturated heterocycles. The monoisotopic (exact) mass is 288 g/mol. The summed E-state index contributed by atoms with van der Waals surface area (Å²) < 4.78 is 5.83. The lowest BCUT2D eigenvalue weighted by Gasteiger charge is -2.24. The second-order valence-electron chi connectivity index (χ2n) is 5.62. The number of hydrogen-bond donors (Lipinski definition) is 1. The van der Waals surface area contributed by atoms with Gasteiger partial charge >= 0.3 is 0 Å². The lowest BCUT2D eigenvalue weighted by molar-refractivity contribution is -0.132. The van der Waals surface area contributed by atoms with Crippen LogP contribution in [0.4, 0.5) is 0 Å². The van der Waals surface area contributed by atoms with E-state index in [9.17, 15) is 4.79 Å². The van der Waals surface area contributed by atoms with E-state index >= 15 is 0 Å². The van der Waals surface area contributed by atoms with Gasteiger partial charge in [-0.15, -0.1) is 0 Å². The highest BCUT2D eigenvalue weighted by molar-refractivity contribution is 5.79. The molecule has 2 atom stereocenters. The van der Waals surface area contributed by atoms with Crippen molar-refractivity contribution in [3.63, 3.8) is 0 Å². The number of amides is 1. The van der Waals surface area contributed by atoms with Gasteiger partial charge in [-0.2, -0.15) is 0 Å². The van der Waals surface area contributed by atoms with Crippen LogP contribution in [0, 0.1) is 0 Å². The van der Waals surface area contributed by atoms with Crippen molar-refractivity contribution in [2.45, 2.75) is 45.2 Å². The van der Waals surface area contributed by atoms with Crippen LogP contribution in [0.2, 0.25) is 0 Å². The summed E-state index contributed by atoms with van der Waals surface area (Å²) in [5.74, 6) is 0.861. The van der Waals surface area contributed by atoms with Crippen molar-refractivity contribution in [2.75, 3.05) is 7.05 Å². The third kappa shape index (κ3) is 3.64. The lowest BCUT2D eigenvalue weighted by Crippen LogP contribution is -2.34. The highest BCUT2D eigenvalue weighted by Crippen LogP contribution is 2.27. The Bertz CT molecular complexity index is 573. The summed E-state index contributed by atoms with van der Waals surface area (Å²) in [6.07, 6.45) is 2.25. The van der Waals surface area contributed by atoms with Crippen LogP contribution < -0.4 is 5.73 Å².